The quantitative estimate of drug-likeness (QED) is 0.650. The minimum Gasteiger partial charge on any atom is -0.484 e. The summed E-state index contributed by atoms with van der Waals surface area (Å²) in [7, 11) is -2.43. The van der Waals surface area contributed by atoms with E-state index in [-0.39, 0.29) is 17.4 Å². The van der Waals surface area contributed by atoms with E-state index in [2.05, 4.69) is 26.6 Å². The van der Waals surface area contributed by atoms with Crippen LogP contribution in [0.3, 0.4) is 0 Å². The summed E-state index contributed by atoms with van der Waals surface area (Å²) in [6.45, 7) is 2.54. The van der Waals surface area contributed by atoms with Gasteiger partial charge >= 0.3 is 0 Å². The summed E-state index contributed by atoms with van der Waals surface area (Å²) in [5, 5.41) is 5.04. The Morgan fingerprint density at radius 3 is 2.36 bits per heavy atom. The van der Waals surface area contributed by atoms with Gasteiger partial charge in [-0.15, -0.1) is 0 Å². The molecular formula is C19H21BrN2O5S. The lowest BCUT2D eigenvalue weighted by atomic mass is 10.2. The van der Waals surface area contributed by atoms with E-state index in [0.29, 0.717) is 11.4 Å². The van der Waals surface area contributed by atoms with Crippen molar-refractivity contribution >= 4 is 43.3 Å². The summed E-state index contributed by atoms with van der Waals surface area (Å²) in [6.07, 6.45) is 0. The minimum atomic E-state index is -3.93. The fourth-order valence-electron chi connectivity index (χ4n) is 2.20. The van der Waals surface area contributed by atoms with Gasteiger partial charge in [0.1, 0.15) is 10.5 Å². The van der Waals surface area contributed by atoms with Crippen LogP contribution in [0, 0.1) is 0 Å². The Morgan fingerprint density at radius 2 is 1.75 bits per heavy atom. The third-order valence-electron chi connectivity index (χ3n) is 4.08. The maximum atomic E-state index is 12.9. The topological polar surface area (TPSA) is 102 Å². The first-order valence-corrected chi connectivity index (χ1v) is 10.6. The van der Waals surface area contributed by atoms with Gasteiger partial charge < -0.3 is 15.4 Å². The summed E-state index contributed by atoms with van der Waals surface area (Å²) in [6, 6.07) is 12.5. The van der Waals surface area contributed by atoms with Crippen LogP contribution in [-0.2, 0) is 19.4 Å². The second kappa shape index (κ2) is 8.74. The van der Waals surface area contributed by atoms with Gasteiger partial charge in [0.05, 0.1) is 4.90 Å². The Morgan fingerprint density at radius 1 is 1.11 bits per heavy atom. The number of rotatable bonds is 7. The predicted molar refractivity (Wildman–Crippen MR) is 110 cm³/mol. The summed E-state index contributed by atoms with van der Waals surface area (Å²) < 4.78 is 30.2. The van der Waals surface area contributed by atoms with Crippen LogP contribution in [0.25, 0.3) is 0 Å². The number of carbonyl (C=O) groups excluding carboxylic acids is 2. The largest absolute Gasteiger partial charge is 0.484 e. The second-order valence-corrected chi connectivity index (χ2v) is 9.83. The fraction of sp³-hybridized carbons (Fsp3) is 0.263. The lowest BCUT2D eigenvalue weighted by molar-refractivity contribution is -0.122. The Bertz CT molecular complexity index is 972. The first-order chi connectivity index (χ1) is 13.1. The molecule has 0 saturated heterocycles. The molecule has 2 rings (SSSR count). The van der Waals surface area contributed by atoms with Crippen LogP contribution in [0.2, 0.25) is 0 Å². The van der Waals surface area contributed by atoms with E-state index in [1.54, 1.807) is 30.3 Å². The SMILES string of the molecule is CNC(=O)COc1cccc(NC(=O)C(C)(C)S(=O)(=O)c2ccc(Br)cc2)c1. The van der Waals surface area contributed by atoms with E-state index in [4.69, 9.17) is 4.74 Å². The zero-order chi connectivity index (χ0) is 20.9. The molecule has 0 fully saturated rings. The summed E-state index contributed by atoms with van der Waals surface area (Å²) >= 11 is 3.26. The maximum Gasteiger partial charge on any atom is 0.257 e. The number of likely N-dealkylation sites (N-methyl/N-ethyl adjacent to an activating group) is 1. The number of carbonyl (C=O) groups is 2. The number of hydrogen-bond donors (Lipinski definition) is 2. The molecule has 28 heavy (non-hydrogen) atoms. The molecule has 7 nitrogen and oxygen atoms in total. The number of halogens is 1. The third-order valence-corrected chi connectivity index (χ3v) is 7.03. The molecule has 0 unspecified atom stereocenters. The summed E-state index contributed by atoms with van der Waals surface area (Å²) in [5.74, 6) is -0.606. The number of ether oxygens (including phenoxy) is 1. The van der Waals surface area contributed by atoms with E-state index in [0.717, 1.165) is 4.47 Å². The van der Waals surface area contributed by atoms with Gasteiger partial charge in [0.25, 0.3) is 5.91 Å². The van der Waals surface area contributed by atoms with Gasteiger partial charge in [0, 0.05) is 23.3 Å². The van der Waals surface area contributed by atoms with Gasteiger partial charge in [-0.1, -0.05) is 22.0 Å². The number of amides is 2. The Balaban J connectivity index is 2.19. The highest BCUT2D eigenvalue weighted by molar-refractivity contribution is 9.10. The van der Waals surface area contributed by atoms with Crippen molar-refractivity contribution in [2.75, 3.05) is 19.0 Å². The molecule has 0 aliphatic heterocycles. The highest BCUT2D eigenvalue weighted by atomic mass is 79.9. The zero-order valence-corrected chi connectivity index (χ0v) is 18.1. The van der Waals surface area contributed by atoms with E-state index >= 15 is 0 Å². The number of nitrogens with one attached hydrogen (secondary N) is 2. The highest BCUT2D eigenvalue weighted by Gasteiger charge is 2.42. The standard InChI is InChI=1S/C19H21BrN2O5S/c1-19(2,28(25,26)16-9-7-13(20)8-10-16)18(24)22-14-5-4-6-15(11-14)27-12-17(23)21-3/h4-11H,12H2,1-3H3,(H,21,23)(H,22,24). The van der Waals surface area contributed by atoms with Crippen molar-refractivity contribution in [3.05, 3.63) is 53.0 Å². The van der Waals surface area contributed by atoms with Gasteiger partial charge in [0.15, 0.2) is 16.4 Å². The van der Waals surface area contributed by atoms with Crippen molar-refractivity contribution in [1.29, 1.82) is 0 Å². The normalized spacial score (nSPS) is 11.6. The first-order valence-electron chi connectivity index (χ1n) is 8.33. The van der Waals surface area contributed by atoms with Crippen molar-refractivity contribution in [3.8, 4) is 5.75 Å². The number of benzene rings is 2. The van der Waals surface area contributed by atoms with Gasteiger partial charge in [0.2, 0.25) is 5.91 Å². The Labute approximate surface area is 172 Å². The average Bonchev–Trinajstić information content (AvgIpc) is 2.66. The van der Waals surface area contributed by atoms with Crippen molar-refractivity contribution < 1.29 is 22.7 Å². The molecule has 2 aromatic carbocycles. The predicted octanol–water partition coefficient (Wildman–Crippen LogP) is 2.76. The smallest absolute Gasteiger partial charge is 0.257 e. The Hall–Kier alpha value is -2.39. The molecule has 0 spiro atoms. The van der Waals surface area contributed by atoms with Crippen LogP contribution in [0.15, 0.2) is 57.9 Å². The molecule has 2 N–H and O–H groups in total. The van der Waals surface area contributed by atoms with Gasteiger partial charge in [-0.05, 0) is 50.2 Å². The maximum absolute atomic E-state index is 12.9. The monoisotopic (exact) mass is 468 g/mol. The van der Waals surface area contributed by atoms with Crippen LogP contribution >= 0.6 is 15.9 Å². The minimum absolute atomic E-state index is 0.0542. The molecule has 0 radical (unpaired) electrons. The average molecular weight is 469 g/mol. The van der Waals surface area contributed by atoms with E-state index < -0.39 is 20.5 Å². The molecule has 0 bridgehead atoms. The van der Waals surface area contributed by atoms with E-state index in [9.17, 15) is 18.0 Å². The molecule has 0 aliphatic rings. The number of anilines is 1. The van der Waals surface area contributed by atoms with Crippen LogP contribution in [0.4, 0.5) is 5.69 Å². The summed E-state index contributed by atoms with van der Waals surface area (Å²) in [4.78, 5) is 24.1. The van der Waals surface area contributed by atoms with Crippen LogP contribution in [0.5, 0.6) is 5.75 Å². The van der Waals surface area contributed by atoms with E-state index in [1.165, 1.54) is 39.1 Å². The van der Waals surface area contributed by atoms with Crippen molar-refractivity contribution in [1.82, 2.24) is 5.32 Å². The van der Waals surface area contributed by atoms with Gasteiger partial charge in [-0.25, -0.2) is 8.42 Å². The lowest BCUT2D eigenvalue weighted by Gasteiger charge is -2.24. The second-order valence-electron chi connectivity index (χ2n) is 6.41. The molecule has 0 aliphatic carbocycles. The van der Waals surface area contributed by atoms with Crippen molar-refractivity contribution in [3.63, 3.8) is 0 Å². The molecule has 2 amide bonds. The van der Waals surface area contributed by atoms with Gasteiger partial charge in [-0.2, -0.15) is 0 Å². The number of sulfone groups is 1. The van der Waals surface area contributed by atoms with Gasteiger partial charge in [-0.3, -0.25) is 9.59 Å². The van der Waals surface area contributed by atoms with Crippen LogP contribution in [-0.4, -0.2) is 38.6 Å². The molecular weight excluding hydrogens is 448 g/mol. The third kappa shape index (κ3) is 4.90. The van der Waals surface area contributed by atoms with Crippen LogP contribution < -0.4 is 15.4 Å². The first kappa shape index (κ1) is 21.9. The molecule has 0 aromatic heterocycles. The van der Waals surface area contributed by atoms with Crippen molar-refractivity contribution in [2.45, 2.75) is 23.5 Å². The highest BCUT2D eigenvalue weighted by Crippen LogP contribution is 2.28. The number of hydrogen-bond acceptors (Lipinski definition) is 5. The molecule has 150 valence electrons. The molecule has 0 atom stereocenters. The lowest BCUT2D eigenvalue weighted by Crippen LogP contribution is -2.44. The molecule has 0 saturated carbocycles. The zero-order valence-electron chi connectivity index (χ0n) is 15.7. The Kier molecular flexibility index (Phi) is 6.84. The van der Waals surface area contributed by atoms with E-state index in [1.807, 2.05) is 0 Å². The fourth-order valence-corrected chi connectivity index (χ4v) is 3.84. The van der Waals surface area contributed by atoms with Crippen molar-refractivity contribution in [2.24, 2.45) is 0 Å². The molecule has 0 heterocycles. The summed E-state index contributed by atoms with van der Waals surface area (Å²) in [5.41, 5.74) is 0.360. The molecule has 2 aromatic rings. The van der Waals surface area contributed by atoms with Crippen LogP contribution in [0.1, 0.15) is 13.8 Å². The molecule has 9 heteroatoms.